The second-order valence-corrected chi connectivity index (χ2v) is 4.58. The smallest absolute Gasteiger partial charge is 0.169 e. The molecule has 0 aromatic heterocycles. The Hall–Kier alpha value is -1.11. The van der Waals surface area contributed by atoms with Crippen LogP contribution in [0.1, 0.15) is 41.8 Å². The van der Waals surface area contributed by atoms with Crippen LogP contribution in [0, 0.1) is 12.3 Å². The lowest BCUT2D eigenvalue weighted by Crippen LogP contribution is -2.22. The van der Waals surface area contributed by atoms with Crippen molar-refractivity contribution in [3.63, 3.8) is 0 Å². The second-order valence-electron chi connectivity index (χ2n) is 4.58. The molecule has 1 aromatic rings. The van der Waals surface area contributed by atoms with Crippen molar-refractivity contribution >= 4 is 5.78 Å². The molecule has 74 valence electrons. The van der Waals surface area contributed by atoms with E-state index in [4.69, 9.17) is 0 Å². The molecule has 1 unspecified atom stereocenters. The zero-order chi connectivity index (χ0) is 10.3. The number of hydrogen-bond acceptors (Lipinski definition) is 1. The summed E-state index contributed by atoms with van der Waals surface area (Å²) in [4.78, 5) is 12.1. The summed E-state index contributed by atoms with van der Waals surface area (Å²) in [5.41, 5.74) is 3.22. The maximum Gasteiger partial charge on any atom is 0.169 e. The van der Waals surface area contributed by atoms with Crippen molar-refractivity contribution in [2.24, 2.45) is 5.41 Å². The Morgan fingerprint density at radius 3 is 2.79 bits per heavy atom. The first kappa shape index (κ1) is 9.45. The number of ketones is 1. The van der Waals surface area contributed by atoms with Crippen molar-refractivity contribution in [2.45, 2.75) is 33.6 Å². The van der Waals surface area contributed by atoms with Gasteiger partial charge in [-0.25, -0.2) is 0 Å². The van der Waals surface area contributed by atoms with Gasteiger partial charge in [0.05, 0.1) is 0 Å². The summed E-state index contributed by atoms with van der Waals surface area (Å²) in [6.07, 6.45) is 1.84. The van der Waals surface area contributed by atoms with E-state index < -0.39 is 0 Å². The van der Waals surface area contributed by atoms with Gasteiger partial charge in [-0.1, -0.05) is 31.5 Å². The van der Waals surface area contributed by atoms with Crippen LogP contribution in [0.4, 0.5) is 0 Å². The SMILES string of the molecule is CCC1(C)Cc2ccc(C)cc2C1=O. The van der Waals surface area contributed by atoms with Crippen LogP contribution in [0.5, 0.6) is 0 Å². The van der Waals surface area contributed by atoms with E-state index >= 15 is 0 Å². The number of Topliss-reactive ketones (excluding diaryl/α,β-unsaturated/α-hetero) is 1. The summed E-state index contributed by atoms with van der Waals surface area (Å²) in [5, 5.41) is 0. The Balaban J connectivity index is 2.51. The van der Waals surface area contributed by atoms with Crippen LogP contribution in [0.3, 0.4) is 0 Å². The van der Waals surface area contributed by atoms with Crippen LogP contribution in [0.15, 0.2) is 18.2 Å². The van der Waals surface area contributed by atoms with Gasteiger partial charge in [0.1, 0.15) is 0 Å². The summed E-state index contributed by atoms with van der Waals surface area (Å²) in [5.74, 6) is 0.332. The summed E-state index contributed by atoms with van der Waals surface area (Å²) in [7, 11) is 0. The molecule has 0 saturated carbocycles. The molecule has 0 radical (unpaired) electrons. The predicted molar refractivity (Wildman–Crippen MR) is 57.6 cm³/mol. The number of benzene rings is 1. The lowest BCUT2D eigenvalue weighted by Gasteiger charge is -2.18. The van der Waals surface area contributed by atoms with Gasteiger partial charge < -0.3 is 0 Å². The zero-order valence-electron chi connectivity index (χ0n) is 9.05. The van der Waals surface area contributed by atoms with Crippen molar-refractivity contribution in [3.8, 4) is 0 Å². The van der Waals surface area contributed by atoms with Gasteiger partial charge in [0.2, 0.25) is 0 Å². The van der Waals surface area contributed by atoms with Gasteiger partial charge in [0.15, 0.2) is 5.78 Å². The minimum absolute atomic E-state index is 0.143. The first-order chi connectivity index (χ1) is 6.57. The molecule has 0 N–H and O–H groups in total. The van der Waals surface area contributed by atoms with E-state index in [1.807, 2.05) is 13.0 Å². The Kier molecular flexibility index (Phi) is 1.99. The molecule has 1 heteroatoms. The highest BCUT2D eigenvalue weighted by atomic mass is 16.1. The van der Waals surface area contributed by atoms with E-state index in [-0.39, 0.29) is 5.41 Å². The Morgan fingerprint density at radius 1 is 1.43 bits per heavy atom. The molecule has 0 bridgehead atoms. The molecular weight excluding hydrogens is 172 g/mol. The summed E-state index contributed by atoms with van der Waals surface area (Å²) >= 11 is 0. The molecule has 2 rings (SSSR count). The molecule has 1 aliphatic rings. The van der Waals surface area contributed by atoms with Crippen molar-refractivity contribution in [1.82, 2.24) is 0 Å². The second kappa shape index (κ2) is 2.94. The zero-order valence-corrected chi connectivity index (χ0v) is 9.05. The molecule has 14 heavy (non-hydrogen) atoms. The topological polar surface area (TPSA) is 17.1 Å². The first-order valence-corrected chi connectivity index (χ1v) is 5.21. The third-order valence-corrected chi connectivity index (χ3v) is 3.42. The molecule has 0 aliphatic heterocycles. The summed E-state index contributed by atoms with van der Waals surface area (Å²) in [6.45, 7) is 6.20. The third-order valence-electron chi connectivity index (χ3n) is 3.42. The number of hydrogen-bond donors (Lipinski definition) is 0. The Bertz CT molecular complexity index is 392. The number of carbonyl (C=O) groups excluding carboxylic acids is 1. The van der Waals surface area contributed by atoms with E-state index in [9.17, 15) is 4.79 Å². The van der Waals surface area contributed by atoms with Gasteiger partial charge in [-0.15, -0.1) is 0 Å². The third kappa shape index (κ3) is 1.19. The molecule has 0 heterocycles. The van der Waals surface area contributed by atoms with Crippen molar-refractivity contribution in [2.75, 3.05) is 0 Å². The number of rotatable bonds is 1. The highest BCUT2D eigenvalue weighted by Crippen LogP contribution is 2.39. The largest absolute Gasteiger partial charge is 0.294 e. The lowest BCUT2D eigenvalue weighted by molar-refractivity contribution is 0.0837. The van der Waals surface area contributed by atoms with Gasteiger partial charge in [-0.05, 0) is 31.4 Å². The molecule has 0 spiro atoms. The van der Waals surface area contributed by atoms with Crippen molar-refractivity contribution in [3.05, 3.63) is 34.9 Å². The van der Waals surface area contributed by atoms with E-state index in [0.717, 1.165) is 18.4 Å². The molecule has 0 saturated heterocycles. The molecule has 1 aromatic carbocycles. The highest BCUT2D eigenvalue weighted by molar-refractivity contribution is 6.04. The van der Waals surface area contributed by atoms with Crippen LogP contribution in [0.25, 0.3) is 0 Å². The predicted octanol–water partition coefficient (Wildman–Crippen LogP) is 3.15. The standard InChI is InChI=1S/C13H16O/c1-4-13(3)8-10-6-5-9(2)7-11(10)12(13)14/h5-7H,4,8H2,1-3H3. The van der Waals surface area contributed by atoms with E-state index in [1.54, 1.807) is 0 Å². The van der Waals surface area contributed by atoms with Gasteiger partial charge in [0, 0.05) is 11.0 Å². The van der Waals surface area contributed by atoms with E-state index in [1.165, 1.54) is 11.1 Å². The summed E-state index contributed by atoms with van der Waals surface area (Å²) < 4.78 is 0. The number of carbonyl (C=O) groups is 1. The van der Waals surface area contributed by atoms with Crippen molar-refractivity contribution < 1.29 is 4.79 Å². The molecule has 1 atom stereocenters. The maximum absolute atomic E-state index is 12.1. The average molecular weight is 188 g/mol. The first-order valence-electron chi connectivity index (χ1n) is 5.21. The minimum atomic E-state index is -0.143. The molecule has 0 amide bonds. The van der Waals surface area contributed by atoms with Gasteiger partial charge >= 0.3 is 0 Å². The van der Waals surface area contributed by atoms with Crippen LogP contribution >= 0.6 is 0 Å². The van der Waals surface area contributed by atoms with Gasteiger partial charge in [-0.3, -0.25) is 4.79 Å². The number of fused-ring (bicyclic) bond motifs is 1. The molecule has 1 nitrogen and oxygen atoms in total. The van der Waals surface area contributed by atoms with E-state index in [2.05, 4.69) is 26.0 Å². The normalized spacial score (nSPS) is 25.2. The lowest BCUT2D eigenvalue weighted by atomic mass is 9.83. The van der Waals surface area contributed by atoms with Crippen LogP contribution < -0.4 is 0 Å². The maximum atomic E-state index is 12.1. The monoisotopic (exact) mass is 188 g/mol. The Labute approximate surface area is 85.1 Å². The van der Waals surface area contributed by atoms with E-state index in [0.29, 0.717) is 5.78 Å². The molecule has 0 fully saturated rings. The average Bonchev–Trinajstić information content (AvgIpc) is 2.42. The van der Waals surface area contributed by atoms with Gasteiger partial charge in [-0.2, -0.15) is 0 Å². The molecular formula is C13H16O. The fourth-order valence-electron chi connectivity index (χ4n) is 2.17. The van der Waals surface area contributed by atoms with Crippen LogP contribution in [-0.2, 0) is 6.42 Å². The number of aryl methyl sites for hydroxylation is 1. The fourth-order valence-corrected chi connectivity index (χ4v) is 2.17. The quantitative estimate of drug-likeness (QED) is 0.661. The Morgan fingerprint density at radius 2 is 2.14 bits per heavy atom. The van der Waals surface area contributed by atoms with Crippen molar-refractivity contribution in [1.29, 1.82) is 0 Å². The summed E-state index contributed by atoms with van der Waals surface area (Å²) in [6, 6.07) is 6.22. The van der Waals surface area contributed by atoms with Gasteiger partial charge in [0.25, 0.3) is 0 Å². The minimum Gasteiger partial charge on any atom is -0.294 e. The van der Waals surface area contributed by atoms with Crippen LogP contribution in [0.2, 0.25) is 0 Å². The highest BCUT2D eigenvalue weighted by Gasteiger charge is 2.39. The fraction of sp³-hybridized carbons (Fsp3) is 0.462. The molecule has 1 aliphatic carbocycles. The van der Waals surface area contributed by atoms with Crippen LogP contribution in [-0.4, -0.2) is 5.78 Å².